The molecule has 1 heterocycles. The fourth-order valence-electron chi connectivity index (χ4n) is 1.96. The SMILES string of the molecule is C[C@H]1[C@H](O)CCN1C(=O)c1ccccc1. The standard InChI is InChI=1S/C12H15NO2/c1-9-11(14)7-8-13(9)12(15)10-5-3-2-4-6-10/h2-6,9,11,14H,7-8H2,1H3/t9-,11+/m0/s1. The molecule has 2 atom stereocenters. The smallest absolute Gasteiger partial charge is 0.254 e. The lowest BCUT2D eigenvalue weighted by Gasteiger charge is -2.22. The summed E-state index contributed by atoms with van der Waals surface area (Å²) in [6, 6.07) is 9.13. The van der Waals surface area contributed by atoms with E-state index in [1.54, 1.807) is 17.0 Å². The molecule has 1 saturated heterocycles. The van der Waals surface area contributed by atoms with Crippen molar-refractivity contribution in [3.05, 3.63) is 35.9 Å². The fraction of sp³-hybridized carbons (Fsp3) is 0.417. The summed E-state index contributed by atoms with van der Waals surface area (Å²) in [5.41, 5.74) is 0.693. The summed E-state index contributed by atoms with van der Waals surface area (Å²) < 4.78 is 0. The third kappa shape index (κ3) is 1.88. The quantitative estimate of drug-likeness (QED) is 0.750. The predicted molar refractivity (Wildman–Crippen MR) is 57.6 cm³/mol. The Labute approximate surface area is 89.3 Å². The van der Waals surface area contributed by atoms with Crippen molar-refractivity contribution in [3.8, 4) is 0 Å². The number of rotatable bonds is 1. The molecule has 1 aliphatic rings. The van der Waals surface area contributed by atoms with E-state index in [9.17, 15) is 9.90 Å². The van der Waals surface area contributed by atoms with Crippen LogP contribution in [0.4, 0.5) is 0 Å². The first-order chi connectivity index (χ1) is 7.20. The van der Waals surface area contributed by atoms with Gasteiger partial charge in [-0.1, -0.05) is 18.2 Å². The second-order valence-electron chi connectivity index (χ2n) is 3.96. The van der Waals surface area contributed by atoms with E-state index in [4.69, 9.17) is 0 Å². The van der Waals surface area contributed by atoms with E-state index in [1.165, 1.54) is 0 Å². The van der Waals surface area contributed by atoms with Crippen molar-refractivity contribution < 1.29 is 9.90 Å². The Balaban J connectivity index is 2.16. The molecule has 1 aliphatic heterocycles. The molecule has 3 heteroatoms. The molecule has 3 nitrogen and oxygen atoms in total. The first-order valence-corrected chi connectivity index (χ1v) is 5.24. The van der Waals surface area contributed by atoms with E-state index in [0.29, 0.717) is 18.5 Å². The minimum atomic E-state index is -0.377. The maximum absolute atomic E-state index is 12.0. The zero-order valence-electron chi connectivity index (χ0n) is 8.76. The first-order valence-electron chi connectivity index (χ1n) is 5.24. The van der Waals surface area contributed by atoms with Crippen LogP contribution in [0, 0.1) is 0 Å². The number of hydrogen-bond acceptors (Lipinski definition) is 2. The Bertz CT molecular complexity index is 350. The molecule has 15 heavy (non-hydrogen) atoms. The number of hydrogen-bond donors (Lipinski definition) is 1. The van der Waals surface area contributed by atoms with Gasteiger partial charge in [-0.3, -0.25) is 4.79 Å². The van der Waals surface area contributed by atoms with Gasteiger partial charge in [-0.15, -0.1) is 0 Å². The van der Waals surface area contributed by atoms with E-state index in [0.717, 1.165) is 0 Å². The van der Waals surface area contributed by atoms with Crippen LogP contribution in [-0.2, 0) is 0 Å². The summed E-state index contributed by atoms with van der Waals surface area (Å²) in [7, 11) is 0. The summed E-state index contributed by atoms with van der Waals surface area (Å²) >= 11 is 0. The van der Waals surface area contributed by atoms with Crippen molar-refractivity contribution in [2.45, 2.75) is 25.5 Å². The van der Waals surface area contributed by atoms with Crippen molar-refractivity contribution in [2.75, 3.05) is 6.54 Å². The van der Waals surface area contributed by atoms with Crippen LogP contribution >= 0.6 is 0 Å². The van der Waals surface area contributed by atoms with Crippen LogP contribution in [0.5, 0.6) is 0 Å². The molecule has 1 fully saturated rings. The lowest BCUT2D eigenvalue weighted by atomic mass is 10.1. The molecule has 0 saturated carbocycles. The second kappa shape index (κ2) is 4.03. The average molecular weight is 205 g/mol. The molecule has 2 rings (SSSR count). The highest BCUT2D eigenvalue weighted by Crippen LogP contribution is 2.19. The van der Waals surface area contributed by atoms with Gasteiger partial charge in [0.1, 0.15) is 0 Å². The van der Waals surface area contributed by atoms with Gasteiger partial charge in [0.05, 0.1) is 12.1 Å². The maximum Gasteiger partial charge on any atom is 0.254 e. The molecule has 1 aromatic carbocycles. The van der Waals surface area contributed by atoms with Crippen LogP contribution in [-0.4, -0.2) is 34.6 Å². The zero-order valence-corrected chi connectivity index (χ0v) is 8.76. The summed E-state index contributed by atoms with van der Waals surface area (Å²) in [5.74, 6) is 0.0136. The summed E-state index contributed by atoms with van der Waals surface area (Å²) in [6.45, 7) is 2.54. The number of nitrogens with zero attached hydrogens (tertiary/aromatic N) is 1. The molecule has 0 unspecified atom stereocenters. The van der Waals surface area contributed by atoms with E-state index in [-0.39, 0.29) is 18.1 Å². The van der Waals surface area contributed by atoms with Gasteiger partial charge < -0.3 is 10.0 Å². The molecule has 0 aromatic heterocycles. The Kier molecular flexibility index (Phi) is 2.73. The highest BCUT2D eigenvalue weighted by atomic mass is 16.3. The lowest BCUT2D eigenvalue weighted by molar-refractivity contribution is 0.0667. The van der Waals surface area contributed by atoms with E-state index < -0.39 is 0 Å². The van der Waals surface area contributed by atoms with E-state index in [1.807, 2.05) is 25.1 Å². The molecule has 0 aliphatic carbocycles. The van der Waals surface area contributed by atoms with Gasteiger partial charge in [-0.05, 0) is 25.5 Å². The number of aliphatic hydroxyl groups excluding tert-OH is 1. The van der Waals surface area contributed by atoms with Gasteiger partial charge in [-0.25, -0.2) is 0 Å². The summed E-state index contributed by atoms with van der Waals surface area (Å²) in [5, 5.41) is 9.57. The van der Waals surface area contributed by atoms with E-state index in [2.05, 4.69) is 0 Å². The summed E-state index contributed by atoms with van der Waals surface area (Å²) in [6.07, 6.45) is 0.303. The molecule has 1 aromatic rings. The molecule has 0 bridgehead atoms. The highest BCUT2D eigenvalue weighted by molar-refractivity contribution is 5.94. The minimum Gasteiger partial charge on any atom is -0.391 e. The molecule has 0 spiro atoms. The molecular formula is C12H15NO2. The third-order valence-electron chi connectivity index (χ3n) is 3.00. The Hall–Kier alpha value is -1.35. The highest BCUT2D eigenvalue weighted by Gasteiger charge is 2.32. The normalized spacial score (nSPS) is 25.6. The minimum absolute atomic E-state index is 0.0136. The number of carbonyl (C=O) groups is 1. The third-order valence-corrected chi connectivity index (χ3v) is 3.00. The molecular weight excluding hydrogens is 190 g/mol. The Morgan fingerprint density at radius 1 is 1.40 bits per heavy atom. The number of benzene rings is 1. The van der Waals surface area contributed by atoms with Crippen LogP contribution in [0.15, 0.2) is 30.3 Å². The van der Waals surface area contributed by atoms with E-state index >= 15 is 0 Å². The number of aliphatic hydroxyl groups is 1. The first kappa shape index (κ1) is 10.2. The molecule has 80 valence electrons. The monoisotopic (exact) mass is 205 g/mol. The average Bonchev–Trinajstić information content (AvgIpc) is 2.60. The van der Waals surface area contributed by atoms with Crippen molar-refractivity contribution in [1.82, 2.24) is 4.90 Å². The van der Waals surface area contributed by atoms with Crippen LogP contribution < -0.4 is 0 Å². The van der Waals surface area contributed by atoms with Crippen molar-refractivity contribution in [2.24, 2.45) is 0 Å². The largest absolute Gasteiger partial charge is 0.391 e. The predicted octanol–water partition coefficient (Wildman–Crippen LogP) is 1.28. The maximum atomic E-state index is 12.0. The topological polar surface area (TPSA) is 40.5 Å². The van der Waals surface area contributed by atoms with Crippen LogP contribution in [0.2, 0.25) is 0 Å². The number of amides is 1. The molecule has 0 radical (unpaired) electrons. The lowest BCUT2D eigenvalue weighted by Crippen LogP contribution is -2.37. The van der Waals surface area contributed by atoms with Crippen molar-refractivity contribution >= 4 is 5.91 Å². The Morgan fingerprint density at radius 3 is 2.60 bits per heavy atom. The Morgan fingerprint density at radius 2 is 2.07 bits per heavy atom. The van der Waals surface area contributed by atoms with Gasteiger partial charge in [0, 0.05) is 12.1 Å². The van der Waals surface area contributed by atoms with Crippen molar-refractivity contribution in [1.29, 1.82) is 0 Å². The van der Waals surface area contributed by atoms with Crippen LogP contribution in [0.3, 0.4) is 0 Å². The van der Waals surface area contributed by atoms with Crippen LogP contribution in [0.1, 0.15) is 23.7 Å². The van der Waals surface area contributed by atoms with Gasteiger partial charge in [0.2, 0.25) is 0 Å². The van der Waals surface area contributed by atoms with Gasteiger partial charge >= 0.3 is 0 Å². The van der Waals surface area contributed by atoms with Gasteiger partial charge in [-0.2, -0.15) is 0 Å². The zero-order chi connectivity index (χ0) is 10.8. The number of likely N-dealkylation sites (tertiary alicyclic amines) is 1. The molecule has 1 amide bonds. The molecule has 1 N–H and O–H groups in total. The number of carbonyl (C=O) groups excluding carboxylic acids is 1. The fourth-order valence-corrected chi connectivity index (χ4v) is 1.96. The van der Waals surface area contributed by atoms with Gasteiger partial charge in [0.25, 0.3) is 5.91 Å². The van der Waals surface area contributed by atoms with Crippen LogP contribution in [0.25, 0.3) is 0 Å². The second-order valence-corrected chi connectivity index (χ2v) is 3.96. The van der Waals surface area contributed by atoms with Crippen molar-refractivity contribution in [3.63, 3.8) is 0 Å². The summed E-state index contributed by atoms with van der Waals surface area (Å²) in [4.78, 5) is 13.8. The van der Waals surface area contributed by atoms with Gasteiger partial charge in [0.15, 0.2) is 0 Å².